The minimum atomic E-state index is -0.403. The summed E-state index contributed by atoms with van der Waals surface area (Å²) in [5.41, 5.74) is 0.386. The molecule has 0 saturated heterocycles. The van der Waals surface area contributed by atoms with E-state index in [9.17, 15) is 14.4 Å². The lowest BCUT2D eigenvalue weighted by atomic mass is 10.3. The van der Waals surface area contributed by atoms with Gasteiger partial charge in [0.2, 0.25) is 0 Å². The molecule has 1 aliphatic rings. The number of nitrogens with zero attached hydrogens (tertiary/aromatic N) is 1. The lowest BCUT2D eigenvalue weighted by Gasteiger charge is -2.08. The lowest BCUT2D eigenvalue weighted by molar-refractivity contribution is -0.138. The first-order valence-electron chi connectivity index (χ1n) is 3.14. The molecule has 0 fully saturated rings. The summed E-state index contributed by atoms with van der Waals surface area (Å²) < 4.78 is 0. The van der Waals surface area contributed by atoms with Crippen molar-refractivity contribution in [3.63, 3.8) is 0 Å². The SMILES string of the molecule is CC1=CC(=O)N(CC=O)C1=O. The molecule has 0 aliphatic carbocycles. The highest BCUT2D eigenvalue weighted by Gasteiger charge is 2.27. The van der Waals surface area contributed by atoms with Crippen LogP contribution in [0.15, 0.2) is 11.6 Å². The summed E-state index contributed by atoms with van der Waals surface area (Å²) in [5, 5.41) is 0. The Hall–Kier alpha value is -1.45. The number of carbonyl (C=O) groups is 3. The van der Waals surface area contributed by atoms with Crippen molar-refractivity contribution >= 4 is 18.1 Å². The third-order valence-electron chi connectivity index (χ3n) is 1.45. The fourth-order valence-corrected chi connectivity index (χ4v) is 0.885. The van der Waals surface area contributed by atoms with Gasteiger partial charge in [0.15, 0.2) is 0 Å². The fraction of sp³-hybridized carbons (Fsp3) is 0.286. The van der Waals surface area contributed by atoms with Crippen LogP contribution in [0.4, 0.5) is 0 Å². The predicted molar refractivity (Wildman–Crippen MR) is 36.5 cm³/mol. The molecule has 4 heteroatoms. The quantitative estimate of drug-likeness (QED) is 0.397. The molecule has 4 nitrogen and oxygen atoms in total. The van der Waals surface area contributed by atoms with Crippen molar-refractivity contribution in [1.29, 1.82) is 0 Å². The third-order valence-corrected chi connectivity index (χ3v) is 1.45. The highest BCUT2D eigenvalue weighted by molar-refractivity contribution is 6.16. The lowest BCUT2D eigenvalue weighted by Crippen LogP contribution is -2.32. The van der Waals surface area contributed by atoms with Crippen LogP contribution in [-0.4, -0.2) is 29.5 Å². The van der Waals surface area contributed by atoms with E-state index in [4.69, 9.17) is 0 Å². The Kier molecular flexibility index (Phi) is 1.85. The van der Waals surface area contributed by atoms with Gasteiger partial charge >= 0.3 is 0 Å². The van der Waals surface area contributed by atoms with Gasteiger partial charge in [-0.2, -0.15) is 0 Å². The van der Waals surface area contributed by atoms with Crippen molar-refractivity contribution < 1.29 is 14.4 Å². The van der Waals surface area contributed by atoms with Gasteiger partial charge in [-0.3, -0.25) is 14.5 Å². The fourth-order valence-electron chi connectivity index (χ4n) is 0.885. The van der Waals surface area contributed by atoms with E-state index in [1.807, 2.05) is 0 Å². The summed E-state index contributed by atoms with van der Waals surface area (Å²) in [6.07, 6.45) is 1.76. The Balaban J connectivity index is 2.80. The first-order valence-corrected chi connectivity index (χ1v) is 3.14. The van der Waals surface area contributed by atoms with Crippen LogP contribution in [0.25, 0.3) is 0 Å². The van der Waals surface area contributed by atoms with Crippen molar-refractivity contribution in [2.24, 2.45) is 0 Å². The highest BCUT2D eigenvalue weighted by atomic mass is 16.2. The van der Waals surface area contributed by atoms with Crippen LogP contribution in [0.5, 0.6) is 0 Å². The maximum atomic E-state index is 11.0. The molecule has 11 heavy (non-hydrogen) atoms. The Bertz CT molecular complexity index is 254. The molecule has 58 valence electrons. The molecule has 0 aromatic carbocycles. The molecule has 2 amide bonds. The monoisotopic (exact) mass is 153 g/mol. The average molecular weight is 153 g/mol. The highest BCUT2D eigenvalue weighted by Crippen LogP contribution is 2.09. The van der Waals surface area contributed by atoms with E-state index in [0.717, 1.165) is 4.90 Å². The molecule has 1 aliphatic heterocycles. The van der Waals surface area contributed by atoms with E-state index in [1.54, 1.807) is 6.92 Å². The van der Waals surface area contributed by atoms with Gasteiger partial charge in [-0.25, -0.2) is 0 Å². The molecule has 1 heterocycles. The van der Waals surface area contributed by atoms with Gasteiger partial charge in [-0.1, -0.05) is 0 Å². The summed E-state index contributed by atoms with van der Waals surface area (Å²) in [7, 11) is 0. The zero-order valence-corrected chi connectivity index (χ0v) is 6.03. The molecular weight excluding hydrogens is 146 g/mol. The van der Waals surface area contributed by atoms with Crippen molar-refractivity contribution in [1.82, 2.24) is 4.90 Å². The van der Waals surface area contributed by atoms with Crippen LogP contribution < -0.4 is 0 Å². The van der Waals surface area contributed by atoms with Gasteiger partial charge in [0.1, 0.15) is 6.29 Å². The summed E-state index contributed by atoms with van der Waals surface area (Å²) in [6.45, 7) is 1.40. The van der Waals surface area contributed by atoms with E-state index >= 15 is 0 Å². The molecule has 0 saturated carbocycles. The largest absolute Gasteiger partial charge is 0.301 e. The zero-order valence-electron chi connectivity index (χ0n) is 6.03. The van der Waals surface area contributed by atoms with Gasteiger partial charge in [-0.05, 0) is 6.92 Å². The minimum absolute atomic E-state index is 0.147. The van der Waals surface area contributed by atoms with Gasteiger partial charge in [0, 0.05) is 11.6 Å². The number of aldehydes is 1. The second-order valence-electron chi connectivity index (χ2n) is 2.25. The van der Waals surface area contributed by atoms with Crippen LogP contribution in [0.2, 0.25) is 0 Å². The number of amides is 2. The molecule has 0 atom stereocenters. The Morgan fingerprint density at radius 1 is 1.55 bits per heavy atom. The second-order valence-corrected chi connectivity index (χ2v) is 2.25. The summed E-state index contributed by atoms with van der Waals surface area (Å²) in [5.74, 6) is -0.776. The van der Waals surface area contributed by atoms with E-state index in [-0.39, 0.29) is 12.5 Å². The second kappa shape index (κ2) is 2.65. The third kappa shape index (κ3) is 1.19. The Labute approximate surface area is 63.5 Å². The molecule has 0 N–H and O–H groups in total. The number of imide groups is 1. The number of rotatable bonds is 2. The van der Waals surface area contributed by atoms with Crippen molar-refractivity contribution in [3.8, 4) is 0 Å². The van der Waals surface area contributed by atoms with Gasteiger partial charge in [-0.15, -0.1) is 0 Å². The van der Waals surface area contributed by atoms with Gasteiger partial charge in [0.05, 0.1) is 6.54 Å². The zero-order chi connectivity index (χ0) is 8.43. The minimum Gasteiger partial charge on any atom is -0.301 e. The molecule has 0 radical (unpaired) electrons. The average Bonchev–Trinajstić information content (AvgIpc) is 2.17. The van der Waals surface area contributed by atoms with Crippen molar-refractivity contribution in [2.75, 3.05) is 6.54 Å². The maximum Gasteiger partial charge on any atom is 0.256 e. The molecule has 0 spiro atoms. The normalized spacial score (nSPS) is 17.2. The van der Waals surface area contributed by atoms with E-state index < -0.39 is 5.91 Å². The van der Waals surface area contributed by atoms with Crippen molar-refractivity contribution in [2.45, 2.75) is 6.92 Å². The Morgan fingerprint density at radius 3 is 2.55 bits per heavy atom. The molecule has 0 aromatic heterocycles. The van der Waals surface area contributed by atoms with Gasteiger partial charge < -0.3 is 4.79 Å². The van der Waals surface area contributed by atoms with E-state index in [0.29, 0.717) is 11.9 Å². The van der Waals surface area contributed by atoms with Crippen LogP contribution in [0, 0.1) is 0 Å². The summed E-state index contributed by atoms with van der Waals surface area (Å²) in [4.78, 5) is 32.7. The Morgan fingerprint density at radius 2 is 2.18 bits per heavy atom. The number of carbonyl (C=O) groups excluding carboxylic acids is 3. The number of hydrogen-bond donors (Lipinski definition) is 0. The maximum absolute atomic E-state index is 11.0. The van der Waals surface area contributed by atoms with E-state index in [1.165, 1.54) is 6.08 Å². The molecule has 0 aromatic rings. The van der Waals surface area contributed by atoms with Crippen LogP contribution >= 0.6 is 0 Å². The van der Waals surface area contributed by atoms with Crippen LogP contribution in [0.3, 0.4) is 0 Å². The van der Waals surface area contributed by atoms with Gasteiger partial charge in [0.25, 0.3) is 11.8 Å². The standard InChI is InChI=1S/C7H7NO3/c1-5-4-6(10)8(2-3-9)7(5)11/h3-4H,2H2,1H3. The molecule has 1 rings (SSSR count). The molecule has 0 unspecified atom stereocenters. The topological polar surface area (TPSA) is 54.5 Å². The molecule has 0 bridgehead atoms. The first-order chi connectivity index (χ1) is 5.16. The first kappa shape index (κ1) is 7.65. The number of hydrogen-bond acceptors (Lipinski definition) is 3. The summed E-state index contributed by atoms with van der Waals surface area (Å²) >= 11 is 0. The van der Waals surface area contributed by atoms with Crippen LogP contribution in [-0.2, 0) is 14.4 Å². The molecular formula is C7H7NO3. The smallest absolute Gasteiger partial charge is 0.256 e. The van der Waals surface area contributed by atoms with Crippen molar-refractivity contribution in [3.05, 3.63) is 11.6 Å². The predicted octanol–water partition coefficient (Wildman–Crippen LogP) is -0.500. The summed E-state index contributed by atoms with van der Waals surface area (Å²) in [6, 6.07) is 0. The van der Waals surface area contributed by atoms with Crippen LogP contribution in [0.1, 0.15) is 6.92 Å². The van der Waals surface area contributed by atoms with E-state index in [2.05, 4.69) is 0 Å².